The summed E-state index contributed by atoms with van der Waals surface area (Å²) in [7, 11) is 0. The molecule has 0 saturated carbocycles. The lowest BCUT2D eigenvalue weighted by Crippen LogP contribution is -2.33. The van der Waals surface area contributed by atoms with Crippen molar-refractivity contribution in [3.63, 3.8) is 0 Å². The van der Waals surface area contributed by atoms with E-state index in [1.807, 2.05) is 32.2 Å². The molecule has 1 aliphatic heterocycles. The molecule has 4 rings (SSSR count). The van der Waals surface area contributed by atoms with Crippen LogP contribution < -0.4 is 4.74 Å². The van der Waals surface area contributed by atoms with Gasteiger partial charge in [0.2, 0.25) is 5.88 Å². The Balaban J connectivity index is 1.47. The molecule has 0 bridgehead atoms. The summed E-state index contributed by atoms with van der Waals surface area (Å²) >= 11 is 0. The Morgan fingerprint density at radius 3 is 2.72 bits per heavy atom. The number of pyridine rings is 2. The van der Waals surface area contributed by atoms with E-state index in [1.54, 1.807) is 10.9 Å². The average Bonchev–Trinajstić information content (AvgIpc) is 3.07. The summed E-state index contributed by atoms with van der Waals surface area (Å²) < 4.78 is 7.81. The number of hydrogen-bond donors (Lipinski definition) is 0. The van der Waals surface area contributed by atoms with Crippen LogP contribution in [0.5, 0.6) is 5.88 Å². The number of rotatable bonds is 6. The van der Waals surface area contributed by atoms with Crippen LogP contribution in [0.2, 0.25) is 0 Å². The van der Waals surface area contributed by atoms with Crippen molar-refractivity contribution in [2.24, 2.45) is 5.92 Å². The van der Waals surface area contributed by atoms with Crippen molar-refractivity contribution in [3.8, 4) is 11.6 Å². The van der Waals surface area contributed by atoms with E-state index in [-0.39, 0.29) is 0 Å². The lowest BCUT2D eigenvalue weighted by Gasteiger charge is -2.29. The van der Waals surface area contributed by atoms with Crippen LogP contribution in [-0.4, -0.2) is 43.0 Å². The van der Waals surface area contributed by atoms with E-state index in [2.05, 4.69) is 45.1 Å². The third-order valence-corrected chi connectivity index (χ3v) is 5.23. The highest BCUT2D eigenvalue weighted by atomic mass is 16.5. The standard InChI is InChI=1S/C22H28N6O/c1-15(2)12-27-8-7-18-9-22(24-10-19(18)13-27)29-14-21-17(4)25-26-28(21)20-6-5-16(3)23-11-20/h5-6,9-11,15H,7-8,12-14H2,1-4H3. The molecule has 0 aromatic carbocycles. The Kier molecular flexibility index (Phi) is 5.58. The van der Waals surface area contributed by atoms with Gasteiger partial charge in [0.25, 0.3) is 0 Å². The molecule has 7 nitrogen and oxygen atoms in total. The van der Waals surface area contributed by atoms with Crippen LogP contribution in [0, 0.1) is 19.8 Å². The first-order valence-electron chi connectivity index (χ1n) is 10.2. The molecule has 0 aliphatic carbocycles. The van der Waals surface area contributed by atoms with Gasteiger partial charge in [0.15, 0.2) is 0 Å². The third-order valence-electron chi connectivity index (χ3n) is 5.23. The van der Waals surface area contributed by atoms with Gasteiger partial charge in [-0.05, 0) is 49.4 Å². The van der Waals surface area contributed by atoms with Gasteiger partial charge >= 0.3 is 0 Å². The predicted octanol–water partition coefficient (Wildman–Crippen LogP) is 3.27. The van der Waals surface area contributed by atoms with Crippen LogP contribution in [-0.2, 0) is 19.6 Å². The number of aryl methyl sites for hydroxylation is 2. The zero-order valence-corrected chi connectivity index (χ0v) is 17.6. The summed E-state index contributed by atoms with van der Waals surface area (Å²) in [6.45, 7) is 12.0. The van der Waals surface area contributed by atoms with Crippen molar-refractivity contribution < 1.29 is 4.74 Å². The van der Waals surface area contributed by atoms with E-state index >= 15 is 0 Å². The zero-order chi connectivity index (χ0) is 20.4. The molecule has 0 N–H and O–H groups in total. The van der Waals surface area contributed by atoms with Gasteiger partial charge in [-0.15, -0.1) is 5.10 Å². The quantitative estimate of drug-likeness (QED) is 0.641. The number of hydrogen-bond acceptors (Lipinski definition) is 6. The number of nitrogens with zero attached hydrogens (tertiary/aromatic N) is 6. The maximum atomic E-state index is 6.03. The Morgan fingerprint density at radius 1 is 1.10 bits per heavy atom. The largest absolute Gasteiger partial charge is 0.471 e. The predicted molar refractivity (Wildman–Crippen MR) is 111 cm³/mol. The smallest absolute Gasteiger partial charge is 0.213 e. The minimum Gasteiger partial charge on any atom is -0.471 e. The fourth-order valence-electron chi connectivity index (χ4n) is 3.71. The average molecular weight is 393 g/mol. The van der Waals surface area contributed by atoms with Crippen molar-refractivity contribution >= 4 is 0 Å². The molecule has 0 unspecified atom stereocenters. The van der Waals surface area contributed by atoms with Crippen molar-refractivity contribution in [1.29, 1.82) is 0 Å². The number of fused-ring (bicyclic) bond motifs is 1. The topological polar surface area (TPSA) is 69.0 Å². The normalized spacial score (nSPS) is 14.2. The fourth-order valence-corrected chi connectivity index (χ4v) is 3.71. The SMILES string of the molecule is Cc1ccc(-n2nnc(C)c2COc2cc3c(cn2)CN(CC(C)C)CC3)cn1. The third kappa shape index (κ3) is 4.45. The summed E-state index contributed by atoms with van der Waals surface area (Å²) in [6.07, 6.45) is 4.80. The summed E-state index contributed by atoms with van der Waals surface area (Å²) in [6, 6.07) is 6.03. The van der Waals surface area contributed by atoms with Gasteiger partial charge in [0.05, 0.1) is 17.6 Å². The maximum absolute atomic E-state index is 6.03. The molecular weight excluding hydrogens is 364 g/mol. The molecule has 1 aliphatic rings. The highest BCUT2D eigenvalue weighted by Crippen LogP contribution is 2.23. The molecule has 0 radical (unpaired) electrons. The van der Waals surface area contributed by atoms with Gasteiger partial charge in [-0.25, -0.2) is 9.67 Å². The lowest BCUT2D eigenvalue weighted by atomic mass is 10.0. The summed E-state index contributed by atoms with van der Waals surface area (Å²) in [5.74, 6) is 1.33. The first kappa shape index (κ1) is 19.5. The molecule has 29 heavy (non-hydrogen) atoms. The molecule has 3 aromatic heterocycles. The fraction of sp³-hybridized carbons (Fsp3) is 0.455. The molecule has 3 aromatic rings. The molecule has 7 heteroatoms. The van der Waals surface area contributed by atoms with Crippen molar-refractivity contribution in [2.45, 2.75) is 47.3 Å². The number of aromatic nitrogens is 5. The Labute approximate surface area is 171 Å². The van der Waals surface area contributed by atoms with E-state index in [0.717, 1.165) is 48.8 Å². The Bertz CT molecular complexity index is 979. The van der Waals surface area contributed by atoms with Crippen LogP contribution in [0.1, 0.15) is 42.1 Å². The van der Waals surface area contributed by atoms with Gasteiger partial charge in [-0.2, -0.15) is 0 Å². The molecule has 0 spiro atoms. The molecule has 152 valence electrons. The molecule has 0 amide bonds. The van der Waals surface area contributed by atoms with Crippen molar-refractivity contribution in [2.75, 3.05) is 13.1 Å². The summed E-state index contributed by atoms with van der Waals surface area (Å²) in [4.78, 5) is 11.4. The van der Waals surface area contributed by atoms with Crippen molar-refractivity contribution in [1.82, 2.24) is 29.9 Å². The first-order valence-corrected chi connectivity index (χ1v) is 10.2. The molecule has 0 fully saturated rings. The van der Waals surface area contributed by atoms with E-state index in [4.69, 9.17) is 4.74 Å². The Morgan fingerprint density at radius 2 is 1.97 bits per heavy atom. The van der Waals surface area contributed by atoms with Gasteiger partial charge in [-0.1, -0.05) is 19.1 Å². The molecule has 0 saturated heterocycles. The molecule has 4 heterocycles. The van der Waals surface area contributed by atoms with E-state index in [0.29, 0.717) is 18.4 Å². The second-order valence-electron chi connectivity index (χ2n) is 8.15. The van der Waals surface area contributed by atoms with Gasteiger partial charge < -0.3 is 4.74 Å². The minimum atomic E-state index is 0.359. The molecule has 0 atom stereocenters. The first-order chi connectivity index (χ1) is 14.0. The zero-order valence-electron chi connectivity index (χ0n) is 17.6. The van der Waals surface area contributed by atoms with Crippen LogP contribution >= 0.6 is 0 Å². The maximum Gasteiger partial charge on any atom is 0.213 e. The Hall–Kier alpha value is -2.80. The highest BCUT2D eigenvalue weighted by Gasteiger charge is 2.19. The van der Waals surface area contributed by atoms with Crippen LogP contribution in [0.15, 0.2) is 30.6 Å². The van der Waals surface area contributed by atoms with Crippen LogP contribution in [0.3, 0.4) is 0 Å². The van der Waals surface area contributed by atoms with E-state index in [9.17, 15) is 0 Å². The van der Waals surface area contributed by atoms with Crippen molar-refractivity contribution in [3.05, 3.63) is 58.8 Å². The van der Waals surface area contributed by atoms with Gasteiger partial charge in [0.1, 0.15) is 12.3 Å². The van der Waals surface area contributed by atoms with Crippen LogP contribution in [0.25, 0.3) is 5.69 Å². The molecular formula is C22H28N6O. The summed E-state index contributed by atoms with van der Waals surface area (Å²) in [5, 5.41) is 8.46. The summed E-state index contributed by atoms with van der Waals surface area (Å²) in [5.41, 5.74) is 6.22. The second kappa shape index (κ2) is 8.29. The van der Waals surface area contributed by atoms with E-state index < -0.39 is 0 Å². The van der Waals surface area contributed by atoms with E-state index in [1.165, 1.54) is 11.1 Å². The highest BCUT2D eigenvalue weighted by molar-refractivity contribution is 5.33. The van der Waals surface area contributed by atoms with Gasteiger partial charge in [-0.3, -0.25) is 9.88 Å². The lowest BCUT2D eigenvalue weighted by molar-refractivity contribution is 0.224. The van der Waals surface area contributed by atoms with Crippen LogP contribution in [0.4, 0.5) is 0 Å². The second-order valence-corrected chi connectivity index (χ2v) is 8.15. The number of ether oxygens (including phenoxy) is 1. The monoisotopic (exact) mass is 392 g/mol. The van der Waals surface area contributed by atoms with Gasteiger partial charge in [0, 0.05) is 37.6 Å². The minimum absolute atomic E-state index is 0.359.